The lowest BCUT2D eigenvalue weighted by atomic mass is 10.0. The Hall–Kier alpha value is -5.04. The molecule has 0 radical (unpaired) electrons. The molecule has 0 aliphatic carbocycles. The van der Waals surface area contributed by atoms with Crippen LogP contribution in [0.4, 0.5) is 26.3 Å². The number of halogens is 6. The third kappa shape index (κ3) is 5.86. The maximum absolute atomic E-state index is 14.6. The zero-order valence-corrected chi connectivity index (χ0v) is 21.9. The van der Waals surface area contributed by atoms with Crippen molar-refractivity contribution in [2.75, 3.05) is 6.61 Å². The van der Waals surface area contributed by atoms with Gasteiger partial charge < -0.3 is 4.74 Å². The van der Waals surface area contributed by atoms with Crippen LogP contribution < -0.4 is 0 Å². The Morgan fingerprint density at radius 2 is 1.52 bits per heavy atom. The smallest absolute Gasteiger partial charge is 0.418 e. The summed E-state index contributed by atoms with van der Waals surface area (Å²) in [4.78, 5) is 12.0. The van der Waals surface area contributed by atoms with Crippen molar-refractivity contribution < 1.29 is 35.9 Å². The highest BCUT2D eigenvalue weighted by Gasteiger charge is 2.34. The summed E-state index contributed by atoms with van der Waals surface area (Å²) in [5.41, 5.74) is -0.115. The number of ether oxygens (including phenoxy) is 1. The molecule has 0 amide bonds. The first-order valence-corrected chi connectivity index (χ1v) is 12.6. The van der Waals surface area contributed by atoms with Gasteiger partial charge in [-0.1, -0.05) is 42.2 Å². The van der Waals surface area contributed by atoms with Crippen molar-refractivity contribution in [3.8, 4) is 23.1 Å². The van der Waals surface area contributed by atoms with Crippen LogP contribution in [0.2, 0.25) is 0 Å². The quantitative estimate of drug-likeness (QED) is 0.122. The molecule has 10 heteroatoms. The first kappa shape index (κ1) is 28.5. The maximum atomic E-state index is 14.6. The van der Waals surface area contributed by atoms with E-state index >= 15 is 0 Å². The fourth-order valence-electron chi connectivity index (χ4n) is 4.50. The predicted octanol–water partition coefficient (Wildman–Crippen LogP) is 7.76. The molecule has 42 heavy (non-hydrogen) atoms. The van der Waals surface area contributed by atoms with E-state index in [2.05, 4.69) is 16.9 Å². The Morgan fingerprint density at radius 3 is 2.19 bits per heavy atom. The van der Waals surface area contributed by atoms with E-state index in [9.17, 15) is 31.1 Å². The first-order chi connectivity index (χ1) is 20.0. The second kappa shape index (κ2) is 11.4. The molecule has 1 heterocycles. The summed E-state index contributed by atoms with van der Waals surface area (Å²) in [6.45, 7) is 1.31. The van der Waals surface area contributed by atoms with E-state index in [4.69, 9.17) is 4.74 Å². The third-order valence-electron chi connectivity index (χ3n) is 6.35. The van der Waals surface area contributed by atoms with Gasteiger partial charge in [0.15, 0.2) is 0 Å². The molecule has 4 aromatic carbocycles. The number of carbonyl (C=O) groups is 1. The van der Waals surface area contributed by atoms with Gasteiger partial charge in [-0.25, -0.2) is 18.0 Å². The molecule has 1 aromatic heterocycles. The number of alkyl halides is 3. The van der Waals surface area contributed by atoms with Crippen molar-refractivity contribution >= 4 is 16.9 Å². The second-order valence-corrected chi connectivity index (χ2v) is 9.19. The van der Waals surface area contributed by atoms with E-state index in [0.717, 1.165) is 10.7 Å². The van der Waals surface area contributed by atoms with Gasteiger partial charge in [-0.05, 0) is 43.3 Å². The summed E-state index contributed by atoms with van der Waals surface area (Å²) in [5, 5.41) is 4.21. The van der Waals surface area contributed by atoms with E-state index in [1.54, 1.807) is 55.5 Å². The first-order valence-electron chi connectivity index (χ1n) is 12.6. The largest absolute Gasteiger partial charge is 0.462 e. The third-order valence-corrected chi connectivity index (χ3v) is 6.35. The molecule has 0 N–H and O–H groups in total. The Balaban J connectivity index is 1.62. The van der Waals surface area contributed by atoms with Gasteiger partial charge in [-0.15, -0.1) is 0 Å². The highest BCUT2D eigenvalue weighted by atomic mass is 19.4. The number of esters is 1. The molecule has 0 aliphatic rings. The number of benzene rings is 4. The zero-order chi connectivity index (χ0) is 30.0. The van der Waals surface area contributed by atoms with Crippen molar-refractivity contribution in [3.63, 3.8) is 0 Å². The van der Waals surface area contributed by atoms with Gasteiger partial charge in [0.2, 0.25) is 0 Å². The van der Waals surface area contributed by atoms with Crippen LogP contribution in [0, 0.1) is 29.3 Å². The molecular weight excluding hydrogens is 558 g/mol. The number of rotatable bonds is 5. The second-order valence-electron chi connectivity index (χ2n) is 9.19. The summed E-state index contributed by atoms with van der Waals surface area (Å²) in [6.07, 6.45) is -4.74. The lowest BCUT2D eigenvalue weighted by molar-refractivity contribution is -0.136. The molecule has 0 unspecified atom stereocenters. The minimum Gasteiger partial charge on any atom is -0.462 e. The lowest BCUT2D eigenvalue weighted by Crippen LogP contribution is -2.09. The summed E-state index contributed by atoms with van der Waals surface area (Å²) in [5.74, 6) is 1.90. The number of hydrogen-bond donors (Lipinski definition) is 0. The van der Waals surface area contributed by atoms with Gasteiger partial charge >= 0.3 is 12.1 Å². The Morgan fingerprint density at radius 1 is 0.881 bits per heavy atom. The van der Waals surface area contributed by atoms with Gasteiger partial charge in [-0.3, -0.25) is 4.68 Å². The number of hydrogen-bond acceptors (Lipinski definition) is 3. The van der Waals surface area contributed by atoms with Crippen molar-refractivity contribution in [1.29, 1.82) is 0 Å². The SMILES string of the molecule is CCOC(=O)c1cccc(C#Cc2cccc(-c3c4cccc(C(F)(F)F)c4nn3Cc3c(F)cc(F)cc3F)c2)c1. The molecule has 0 atom stereocenters. The van der Waals surface area contributed by atoms with Crippen LogP contribution in [0.3, 0.4) is 0 Å². The summed E-state index contributed by atoms with van der Waals surface area (Å²) in [6, 6.07) is 17.6. The van der Waals surface area contributed by atoms with Crippen LogP contribution in [-0.4, -0.2) is 22.4 Å². The molecule has 4 nitrogen and oxygen atoms in total. The Kier molecular flexibility index (Phi) is 7.77. The minimum atomic E-state index is -4.74. The van der Waals surface area contributed by atoms with Gasteiger partial charge in [0.1, 0.15) is 23.0 Å². The molecule has 0 saturated heterocycles. The van der Waals surface area contributed by atoms with E-state index in [-0.39, 0.29) is 17.7 Å². The zero-order valence-electron chi connectivity index (χ0n) is 21.9. The normalized spacial score (nSPS) is 11.3. The molecule has 0 spiro atoms. The van der Waals surface area contributed by atoms with Crippen LogP contribution >= 0.6 is 0 Å². The molecule has 5 rings (SSSR count). The van der Waals surface area contributed by atoms with E-state index < -0.39 is 52.8 Å². The standard InChI is InChI=1S/C32H20F6N2O2/c1-2-42-31(41)22-9-4-7-20(15-22)13-12-19-6-3-8-21(14-19)30-24-10-5-11-26(32(36,37)38)29(24)39-40(30)18-25-27(34)16-23(33)17-28(25)35/h3-11,14-17H,2,18H2,1H3. The van der Waals surface area contributed by atoms with Crippen molar-refractivity contribution in [2.45, 2.75) is 19.6 Å². The van der Waals surface area contributed by atoms with Crippen LogP contribution in [0.25, 0.3) is 22.2 Å². The van der Waals surface area contributed by atoms with Crippen LogP contribution in [0.5, 0.6) is 0 Å². The predicted molar refractivity (Wildman–Crippen MR) is 144 cm³/mol. The summed E-state index contributed by atoms with van der Waals surface area (Å²) in [7, 11) is 0. The monoisotopic (exact) mass is 578 g/mol. The molecule has 5 aromatic rings. The summed E-state index contributed by atoms with van der Waals surface area (Å²) >= 11 is 0. The van der Waals surface area contributed by atoms with Gasteiger partial charge in [0.25, 0.3) is 0 Å². The molecule has 0 bridgehead atoms. The molecule has 212 valence electrons. The van der Waals surface area contributed by atoms with E-state index in [1.807, 2.05) is 0 Å². The van der Waals surface area contributed by atoms with E-state index in [0.29, 0.717) is 34.4 Å². The van der Waals surface area contributed by atoms with Crippen LogP contribution in [0.1, 0.15) is 39.5 Å². The highest BCUT2D eigenvalue weighted by Crippen LogP contribution is 2.38. The molecule has 0 aliphatic heterocycles. The average molecular weight is 579 g/mol. The molecular formula is C32H20F6N2O2. The van der Waals surface area contributed by atoms with Crippen molar-refractivity contribution in [3.05, 3.63) is 124 Å². The van der Waals surface area contributed by atoms with Crippen LogP contribution in [0.15, 0.2) is 78.9 Å². The topological polar surface area (TPSA) is 44.1 Å². The number of nitrogens with zero attached hydrogens (tertiary/aromatic N) is 2. The van der Waals surface area contributed by atoms with Gasteiger partial charge in [0, 0.05) is 39.8 Å². The van der Waals surface area contributed by atoms with Crippen molar-refractivity contribution in [1.82, 2.24) is 9.78 Å². The molecule has 0 saturated carbocycles. The lowest BCUT2D eigenvalue weighted by Gasteiger charge is -2.11. The van der Waals surface area contributed by atoms with Gasteiger partial charge in [-0.2, -0.15) is 18.3 Å². The highest BCUT2D eigenvalue weighted by molar-refractivity contribution is 5.95. The Bertz CT molecular complexity index is 1860. The Labute approximate surface area is 236 Å². The summed E-state index contributed by atoms with van der Waals surface area (Å²) < 4.78 is 90.2. The fraction of sp³-hybridized carbons (Fsp3) is 0.125. The maximum Gasteiger partial charge on any atom is 0.418 e. The minimum absolute atomic E-state index is 0.0972. The van der Waals surface area contributed by atoms with E-state index in [1.165, 1.54) is 12.1 Å². The number of carbonyl (C=O) groups excluding carboxylic acids is 1. The van der Waals surface area contributed by atoms with Crippen LogP contribution in [-0.2, 0) is 17.5 Å². The number of fused-ring (bicyclic) bond motifs is 1. The average Bonchev–Trinajstić information content (AvgIpc) is 3.32. The molecule has 0 fully saturated rings. The van der Waals surface area contributed by atoms with Crippen molar-refractivity contribution in [2.24, 2.45) is 0 Å². The van der Waals surface area contributed by atoms with Gasteiger partial charge in [0.05, 0.1) is 30.0 Å². The number of aromatic nitrogens is 2. The fourth-order valence-corrected chi connectivity index (χ4v) is 4.50.